The van der Waals surface area contributed by atoms with Crippen LogP contribution in [0.15, 0.2) is 12.3 Å². The van der Waals surface area contributed by atoms with Gasteiger partial charge in [0.15, 0.2) is 0 Å². The fourth-order valence-electron chi connectivity index (χ4n) is 1.80. The van der Waals surface area contributed by atoms with Crippen molar-refractivity contribution in [3.05, 3.63) is 17.7 Å². The Bertz CT molecular complexity index is 194. The first-order chi connectivity index (χ1) is 9.34. The zero-order valence-electron chi connectivity index (χ0n) is 16.4. The molecule has 0 radical (unpaired) electrons. The van der Waals surface area contributed by atoms with Crippen LogP contribution >= 0.6 is 0 Å². The Labute approximate surface area is 178 Å². The van der Waals surface area contributed by atoms with Crippen LogP contribution in [0.5, 0.6) is 0 Å². The van der Waals surface area contributed by atoms with Gasteiger partial charge >= 0.3 is 51.4 Å². The molecule has 0 amide bonds. The monoisotopic (exact) mass is 325 g/mol. The van der Waals surface area contributed by atoms with Gasteiger partial charge in [-0.05, 0) is 18.3 Å². The summed E-state index contributed by atoms with van der Waals surface area (Å²) in [6.07, 6.45) is 4.28. The van der Waals surface area contributed by atoms with Gasteiger partial charge in [0.1, 0.15) is 0 Å². The van der Waals surface area contributed by atoms with Gasteiger partial charge in [0.25, 0.3) is 0 Å². The van der Waals surface area contributed by atoms with Crippen molar-refractivity contribution in [3.63, 3.8) is 0 Å². The standard InChI is InChI=1S/C11H24N.C5H10O.C2H6.K/c1-6-11(9(2)3)7-8-12-10(4)5;1-3-4-5(2)6;1-2;/h9-11H,6-8H2,1-5H3;6H,2-4H2,1H3;1-2H3;/q-1;;;+1. The zero-order valence-corrected chi connectivity index (χ0v) is 19.5. The second kappa shape index (κ2) is 23.4. The van der Waals surface area contributed by atoms with Crippen LogP contribution in [0, 0.1) is 11.8 Å². The predicted molar refractivity (Wildman–Crippen MR) is 94.6 cm³/mol. The Morgan fingerprint density at radius 1 is 1.10 bits per heavy atom. The largest absolute Gasteiger partial charge is 1.00 e. The number of hydrogen-bond donors (Lipinski definition) is 1. The second-order valence-corrected chi connectivity index (χ2v) is 5.52. The smallest absolute Gasteiger partial charge is 0.660 e. The van der Waals surface area contributed by atoms with E-state index in [1.807, 2.05) is 20.8 Å². The maximum Gasteiger partial charge on any atom is 1.00 e. The van der Waals surface area contributed by atoms with Crippen molar-refractivity contribution in [2.45, 2.75) is 87.1 Å². The third kappa shape index (κ3) is 29.7. The topological polar surface area (TPSA) is 34.3 Å². The van der Waals surface area contributed by atoms with Gasteiger partial charge in [-0.25, -0.2) is 0 Å². The van der Waals surface area contributed by atoms with E-state index in [0.717, 1.165) is 31.2 Å². The Balaban J connectivity index is -0.000000137. The summed E-state index contributed by atoms with van der Waals surface area (Å²) in [5.74, 6) is 1.97. The first-order valence-electron chi connectivity index (χ1n) is 8.38. The van der Waals surface area contributed by atoms with E-state index >= 15 is 0 Å². The molecule has 124 valence electrons. The van der Waals surface area contributed by atoms with Crippen LogP contribution in [0.1, 0.15) is 81.1 Å². The van der Waals surface area contributed by atoms with Gasteiger partial charge in [0, 0.05) is 6.42 Å². The van der Waals surface area contributed by atoms with Gasteiger partial charge < -0.3 is 10.4 Å². The van der Waals surface area contributed by atoms with Gasteiger partial charge in [0.2, 0.25) is 0 Å². The number of allylic oxidation sites excluding steroid dienone is 1. The summed E-state index contributed by atoms with van der Waals surface area (Å²) in [6.45, 7) is 21.5. The molecule has 2 nitrogen and oxygen atoms in total. The molecule has 1 atom stereocenters. The quantitative estimate of drug-likeness (QED) is 0.535. The molecule has 0 aliphatic carbocycles. The molecule has 0 aromatic rings. The van der Waals surface area contributed by atoms with Gasteiger partial charge in [0.05, 0.1) is 5.76 Å². The van der Waals surface area contributed by atoms with Crippen LogP contribution in [-0.2, 0) is 0 Å². The van der Waals surface area contributed by atoms with Crippen molar-refractivity contribution in [2.24, 2.45) is 11.8 Å². The van der Waals surface area contributed by atoms with E-state index in [9.17, 15) is 0 Å². The van der Waals surface area contributed by atoms with E-state index in [4.69, 9.17) is 5.11 Å². The number of rotatable bonds is 8. The molecular formula is C18H40KNO. The van der Waals surface area contributed by atoms with Gasteiger partial charge in [-0.1, -0.05) is 74.8 Å². The van der Waals surface area contributed by atoms with Crippen molar-refractivity contribution in [1.82, 2.24) is 0 Å². The van der Waals surface area contributed by atoms with Crippen molar-refractivity contribution in [3.8, 4) is 0 Å². The summed E-state index contributed by atoms with van der Waals surface area (Å²) in [6, 6.07) is 0.509. The van der Waals surface area contributed by atoms with Crippen LogP contribution in [0.2, 0.25) is 0 Å². The molecule has 0 bridgehead atoms. The molecule has 1 N–H and O–H groups in total. The summed E-state index contributed by atoms with van der Waals surface area (Å²) in [5.41, 5.74) is 0. The van der Waals surface area contributed by atoms with Crippen molar-refractivity contribution >= 4 is 0 Å². The van der Waals surface area contributed by atoms with Crippen molar-refractivity contribution in [1.29, 1.82) is 0 Å². The Hall–Kier alpha value is 1.14. The van der Waals surface area contributed by atoms with E-state index in [2.05, 4.69) is 46.5 Å². The van der Waals surface area contributed by atoms with Crippen molar-refractivity contribution < 1.29 is 56.5 Å². The van der Waals surface area contributed by atoms with Crippen LogP contribution in [0.4, 0.5) is 0 Å². The van der Waals surface area contributed by atoms with E-state index in [-0.39, 0.29) is 57.1 Å². The van der Waals surface area contributed by atoms with Crippen LogP contribution < -0.4 is 51.4 Å². The molecule has 0 saturated heterocycles. The molecule has 0 aromatic carbocycles. The first-order valence-corrected chi connectivity index (χ1v) is 8.38. The average Bonchev–Trinajstić information content (AvgIpc) is 2.37. The summed E-state index contributed by atoms with van der Waals surface area (Å²) in [4.78, 5) is 0. The van der Waals surface area contributed by atoms with Crippen LogP contribution in [-0.4, -0.2) is 17.7 Å². The van der Waals surface area contributed by atoms with Crippen molar-refractivity contribution in [2.75, 3.05) is 6.54 Å². The first kappa shape index (κ1) is 30.1. The fraction of sp³-hybridized carbons (Fsp3) is 0.889. The third-order valence-corrected chi connectivity index (χ3v) is 3.00. The molecule has 1 unspecified atom stereocenters. The Morgan fingerprint density at radius 3 is 1.76 bits per heavy atom. The molecule has 0 spiro atoms. The molecule has 0 aliphatic rings. The minimum atomic E-state index is 0. The summed E-state index contributed by atoms with van der Waals surface area (Å²) < 4.78 is 0. The third-order valence-electron chi connectivity index (χ3n) is 3.00. The molecule has 0 saturated carbocycles. The van der Waals surface area contributed by atoms with E-state index < -0.39 is 0 Å². The minimum absolute atomic E-state index is 0. The zero-order chi connectivity index (χ0) is 16.6. The molecular weight excluding hydrogens is 285 g/mol. The second-order valence-electron chi connectivity index (χ2n) is 5.52. The van der Waals surface area contributed by atoms with Gasteiger partial charge in [-0.3, -0.25) is 0 Å². The Morgan fingerprint density at radius 2 is 1.57 bits per heavy atom. The number of aliphatic hydroxyl groups excluding tert-OH is 1. The minimum Gasteiger partial charge on any atom is -0.660 e. The number of hydrogen-bond acceptors (Lipinski definition) is 1. The van der Waals surface area contributed by atoms with Crippen LogP contribution in [0.25, 0.3) is 5.32 Å². The van der Waals surface area contributed by atoms with Crippen LogP contribution in [0.3, 0.4) is 0 Å². The van der Waals surface area contributed by atoms with Gasteiger partial charge in [-0.2, -0.15) is 0 Å². The SMILES string of the molecule is C=C(O)CCC.CC.CCC(CC[N-]C(C)C)C(C)C.[K+]. The van der Waals surface area contributed by atoms with E-state index in [1.165, 1.54) is 12.8 Å². The maximum atomic E-state index is 8.36. The normalized spacial score (nSPS) is 10.8. The Kier molecular flexibility index (Phi) is 33.5. The summed E-state index contributed by atoms with van der Waals surface area (Å²) in [5, 5.41) is 12.9. The fourth-order valence-corrected chi connectivity index (χ4v) is 1.80. The number of aliphatic hydroxyl groups is 1. The molecule has 0 heterocycles. The number of nitrogens with zero attached hydrogens (tertiary/aromatic N) is 1. The molecule has 0 aliphatic heterocycles. The summed E-state index contributed by atoms with van der Waals surface area (Å²) >= 11 is 0. The molecule has 3 heteroatoms. The molecule has 0 rings (SSSR count). The molecule has 21 heavy (non-hydrogen) atoms. The maximum absolute atomic E-state index is 8.36. The summed E-state index contributed by atoms with van der Waals surface area (Å²) in [7, 11) is 0. The molecule has 0 aromatic heterocycles. The predicted octanol–water partition coefficient (Wildman–Crippen LogP) is 3.73. The molecule has 0 fully saturated rings. The van der Waals surface area contributed by atoms with Gasteiger partial charge in [-0.15, -0.1) is 12.6 Å². The van der Waals surface area contributed by atoms with E-state index in [0.29, 0.717) is 6.04 Å². The van der Waals surface area contributed by atoms with E-state index in [1.54, 1.807) is 0 Å². The average molecular weight is 326 g/mol.